The van der Waals surface area contributed by atoms with Gasteiger partial charge in [-0.1, -0.05) is 29.8 Å². The highest BCUT2D eigenvalue weighted by Crippen LogP contribution is 2.45. The van der Waals surface area contributed by atoms with Gasteiger partial charge in [-0.2, -0.15) is 13.2 Å². The highest BCUT2D eigenvalue weighted by Gasteiger charge is 2.56. The molecule has 1 heterocycles. The summed E-state index contributed by atoms with van der Waals surface area (Å²) in [6, 6.07) is 6.55. The SMILES string of the molecule is O=C1NC2(CCC(C(F)(F)F)CC2)C(=O)C1c1ccccc1Cl. The van der Waals surface area contributed by atoms with Gasteiger partial charge in [0.05, 0.1) is 11.5 Å². The van der Waals surface area contributed by atoms with Gasteiger partial charge in [0.25, 0.3) is 0 Å². The molecule has 1 unspecified atom stereocenters. The van der Waals surface area contributed by atoms with Gasteiger partial charge in [0.15, 0.2) is 5.78 Å². The van der Waals surface area contributed by atoms with Gasteiger partial charge < -0.3 is 5.32 Å². The Hall–Kier alpha value is -1.56. The number of nitrogens with one attached hydrogen (secondary N) is 1. The average molecular weight is 346 g/mol. The Bertz CT molecular complexity index is 651. The number of Topliss-reactive ketones (excluding diaryl/α,β-unsaturated/α-hetero) is 1. The van der Waals surface area contributed by atoms with E-state index in [1.165, 1.54) is 0 Å². The van der Waals surface area contributed by atoms with E-state index in [0.29, 0.717) is 10.6 Å². The van der Waals surface area contributed by atoms with Crippen LogP contribution in [0, 0.1) is 5.92 Å². The summed E-state index contributed by atoms with van der Waals surface area (Å²) in [6.45, 7) is 0. The number of halogens is 4. The molecule has 1 aromatic rings. The molecule has 1 spiro atoms. The van der Waals surface area contributed by atoms with E-state index < -0.39 is 29.5 Å². The number of benzene rings is 1. The molecular formula is C16H15ClF3NO2. The molecule has 1 amide bonds. The van der Waals surface area contributed by atoms with Gasteiger partial charge >= 0.3 is 6.18 Å². The normalized spacial score (nSPS) is 31.5. The molecule has 1 saturated heterocycles. The lowest BCUT2D eigenvalue weighted by Gasteiger charge is -2.36. The van der Waals surface area contributed by atoms with Crippen molar-refractivity contribution in [2.75, 3.05) is 0 Å². The number of carbonyl (C=O) groups excluding carboxylic acids is 2. The molecule has 1 aromatic carbocycles. The van der Waals surface area contributed by atoms with Crippen molar-refractivity contribution < 1.29 is 22.8 Å². The first-order chi connectivity index (χ1) is 10.7. The molecule has 1 N–H and O–H groups in total. The maximum atomic E-state index is 12.8. The van der Waals surface area contributed by atoms with E-state index in [1.54, 1.807) is 24.3 Å². The predicted molar refractivity (Wildman–Crippen MR) is 78.1 cm³/mol. The minimum atomic E-state index is -4.25. The molecule has 1 aliphatic carbocycles. The fourth-order valence-electron chi connectivity index (χ4n) is 3.57. The minimum absolute atomic E-state index is 0.0166. The Labute approximate surface area is 136 Å². The smallest absolute Gasteiger partial charge is 0.343 e. The highest BCUT2D eigenvalue weighted by molar-refractivity contribution is 6.32. The van der Waals surface area contributed by atoms with Crippen molar-refractivity contribution in [3.63, 3.8) is 0 Å². The monoisotopic (exact) mass is 345 g/mol. The van der Waals surface area contributed by atoms with E-state index in [4.69, 9.17) is 11.6 Å². The number of hydrogen-bond acceptors (Lipinski definition) is 2. The zero-order valence-electron chi connectivity index (χ0n) is 12.1. The number of carbonyl (C=O) groups is 2. The lowest BCUT2D eigenvalue weighted by molar-refractivity contribution is -0.185. The molecule has 124 valence electrons. The zero-order valence-corrected chi connectivity index (χ0v) is 12.9. The summed E-state index contributed by atoms with van der Waals surface area (Å²) in [6.07, 6.45) is -4.52. The fraction of sp³-hybridized carbons (Fsp3) is 0.500. The Kier molecular flexibility index (Phi) is 3.91. The number of amides is 1. The molecule has 23 heavy (non-hydrogen) atoms. The van der Waals surface area contributed by atoms with Crippen LogP contribution in [-0.2, 0) is 9.59 Å². The molecule has 2 aliphatic rings. The summed E-state index contributed by atoms with van der Waals surface area (Å²) in [5.41, 5.74) is -0.769. The van der Waals surface area contributed by atoms with E-state index in [9.17, 15) is 22.8 Å². The Morgan fingerprint density at radius 1 is 1.13 bits per heavy atom. The minimum Gasteiger partial charge on any atom is -0.343 e. The Balaban J connectivity index is 1.84. The summed E-state index contributed by atoms with van der Waals surface area (Å²) in [5.74, 6) is -3.28. The van der Waals surface area contributed by atoms with Crippen LogP contribution in [0.4, 0.5) is 13.2 Å². The van der Waals surface area contributed by atoms with Crippen LogP contribution in [0.5, 0.6) is 0 Å². The van der Waals surface area contributed by atoms with Crippen LogP contribution < -0.4 is 5.32 Å². The van der Waals surface area contributed by atoms with Gasteiger partial charge in [-0.15, -0.1) is 0 Å². The quantitative estimate of drug-likeness (QED) is 0.790. The highest BCUT2D eigenvalue weighted by atomic mass is 35.5. The first-order valence-electron chi connectivity index (χ1n) is 7.42. The van der Waals surface area contributed by atoms with Crippen LogP contribution in [0.1, 0.15) is 37.2 Å². The summed E-state index contributed by atoms with van der Waals surface area (Å²) in [5, 5.41) is 2.96. The van der Waals surface area contributed by atoms with Crippen LogP contribution in [0.25, 0.3) is 0 Å². The van der Waals surface area contributed by atoms with Gasteiger partial charge in [-0.25, -0.2) is 0 Å². The van der Waals surface area contributed by atoms with E-state index in [1.807, 2.05) is 0 Å². The van der Waals surface area contributed by atoms with Crippen molar-refractivity contribution in [2.45, 2.75) is 43.3 Å². The van der Waals surface area contributed by atoms with Crippen molar-refractivity contribution in [1.29, 1.82) is 0 Å². The largest absolute Gasteiger partial charge is 0.391 e. The number of rotatable bonds is 1. The molecule has 1 atom stereocenters. The number of hydrogen-bond donors (Lipinski definition) is 1. The predicted octanol–water partition coefficient (Wildman–Crippen LogP) is 3.61. The third-order valence-corrected chi connectivity index (χ3v) is 5.22. The summed E-state index contributed by atoms with van der Waals surface area (Å²) >= 11 is 6.06. The second-order valence-electron chi connectivity index (χ2n) is 6.21. The average Bonchev–Trinajstić information content (AvgIpc) is 2.71. The van der Waals surface area contributed by atoms with Gasteiger partial charge in [-0.3, -0.25) is 9.59 Å². The Morgan fingerprint density at radius 2 is 1.74 bits per heavy atom. The summed E-state index contributed by atoms with van der Waals surface area (Å²) in [4.78, 5) is 25.1. The second-order valence-corrected chi connectivity index (χ2v) is 6.61. The van der Waals surface area contributed by atoms with Crippen LogP contribution in [-0.4, -0.2) is 23.4 Å². The lowest BCUT2D eigenvalue weighted by atomic mass is 9.73. The summed E-state index contributed by atoms with van der Waals surface area (Å²) in [7, 11) is 0. The zero-order chi connectivity index (χ0) is 16.8. The van der Waals surface area contributed by atoms with Gasteiger partial charge in [-0.05, 0) is 37.3 Å². The molecule has 3 rings (SSSR count). The van der Waals surface area contributed by atoms with E-state index in [0.717, 1.165) is 0 Å². The molecular weight excluding hydrogens is 331 g/mol. The maximum absolute atomic E-state index is 12.8. The first kappa shape index (κ1) is 16.3. The van der Waals surface area contributed by atoms with E-state index in [-0.39, 0.29) is 31.5 Å². The van der Waals surface area contributed by atoms with Crippen LogP contribution in [0.15, 0.2) is 24.3 Å². The molecule has 3 nitrogen and oxygen atoms in total. The van der Waals surface area contributed by atoms with Gasteiger partial charge in [0.1, 0.15) is 5.92 Å². The van der Waals surface area contributed by atoms with Crippen molar-refractivity contribution in [1.82, 2.24) is 5.32 Å². The maximum Gasteiger partial charge on any atom is 0.391 e. The van der Waals surface area contributed by atoms with Crippen LogP contribution in [0.3, 0.4) is 0 Å². The standard InChI is InChI=1S/C16H15ClF3NO2/c17-11-4-2-1-3-10(11)12-13(22)15(21-14(12)23)7-5-9(6-8-15)16(18,19)20/h1-4,9,12H,5-8H2,(H,21,23). The lowest BCUT2D eigenvalue weighted by Crippen LogP contribution is -2.50. The fourth-order valence-corrected chi connectivity index (χ4v) is 3.81. The molecule has 0 bridgehead atoms. The molecule has 1 saturated carbocycles. The second kappa shape index (κ2) is 5.51. The van der Waals surface area contributed by atoms with Crippen LogP contribution in [0.2, 0.25) is 5.02 Å². The first-order valence-corrected chi connectivity index (χ1v) is 7.80. The van der Waals surface area contributed by atoms with Gasteiger partial charge in [0.2, 0.25) is 5.91 Å². The van der Waals surface area contributed by atoms with Crippen LogP contribution >= 0.6 is 11.6 Å². The van der Waals surface area contributed by atoms with E-state index >= 15 is 0 Å². The van der Waals surface area contributed by atoms with Crippen molar-refractivity contribution in [2.24, 2.45) is 5.92 Å². The number of alkyl halides is 3. The Morgan fingerprint density at radius 3 is 2.30 bits per heavy atom. The summed E-state index contributed by atoms with van der Waals surface area (Å²) < 4.78 is 38.4. The van der Waals surface area contributed by atoms with Crippen molar-refractivity contribution >= 4 is 23.3 Å². The van der Waals surface area contributed by atoms with Gasteiger partial charge in [0, 0.05) is 5.02 Å². The molecule has 1 aliphatic heterocycles. The van der Waals surface area contributed by atoms with E-state index in [2.05, 4.69) is 5.32 Å². The third kappa shape index (κ3) is 2.73. The van der Waals surface area contributed by atoms with Crippen molar-refractivity contribution in [3.8, 4) is 0 Å². The topological polar surface area (TPSA) is 46.2 Å². The van der Waals surface area contributed by atoms with Crippen molar-refractivity contribution in [3.05, 3.63) is 34.9 Å². The third-order valence-electron chi connectivity index (χ3n) is 4.88. The molecule has 0 aromatic heterocycles. The molecule has 2 fully saturated rings. The molecule has 7 heteroatoms. The number of ketones is 1. The molecule has 0 radical (unpaired) electrons.